The van der Waals surface area contributed by atoms with Gasteiger partial charge in [-0.15, -0.1) is 0 Å². The molecule has 1 amide bonds. The van der Waals surface area contributed by atoms with Crippen molar-refractivity contribution in [2.75, 3.05) is 49.6 Å². The van der Waals surface area contributed by atoms with Crippen molar-refractivity contribution in [2.24, 2.45) is 0 Å². The number of nitrogens with zero attached hydrogens (tertiary/aromatic N) is 4. The van der Waals surface area contributed by atoms with Gasteiger partial charge in [0.15, 0.2) is 0 Å². The Hall–Kier alpha value is -2.57. The Bertz CT molecular complexity index is 1170. The maximum Gasteiger partial charge on any atom is 0.258 e. The molecule has 0 saturated carbocycles. The molecular formula is C26H25Cl3N4O. The first kappa shape index (κ1) is 24.6. The van der Waals surface area contributed by atoms with E-state index in [2.05, 4.69) is 26.9 Å². The van der Waals surface area contributed by atoms with E-state index in [-0.39, 0.29) is 11.1 Å². The number of halogens is 3. The number of piperazine rings is 1. The maximum absolute atomic E-state index is 13.1. The van der Waals surface area contributed by atoms with Crippen LogP contribution in [0.1, 0.15) is 15.9 Å². The van der Waals surface area contributed by atoms with E-state index in [0.29, 0.717) is 10.6 Å². The first-order chi connectivity index (χ1) is 16.4. The third-order valence-electron chi connectivity index (χ3n) is 5.83. The van der Waals surface area contributed by atoms with Gasteiger partial charge in [-0.1, -0.05) is 59.1 Å². The van der Waals surface area contributed by atoms with Gasteiger partial charge >= 0.3 is 0 Å². The minimum atomic E-state index is -0.154. The van der Waals surface area contributed by atoms with Crippen LogP contribution >= 0.6 is 34.8 Å². The Morgan fingerprint density at radius 3 is 2.38 bits per heavy atom. The summed E-state index contributed by atoms with van der Waals surface area (Å²) in [5.41, 5.74) is 3.37. The largest absolute Gasteiger partial charge is 0.367 e. The van der Waals surface area contributed by atoms with E-state index in [1.54, 1.807) is 24.1 Å². The predicted molar refractivity (Wildman–Crippen MR) is 143 cm³/mol. The first-order valence-corrected chi connectivity index (χ1v) is 12.1. The lowest BCUT2D eigenvalue weighted by atomic mass is 10.1. The van der Waals surface area contributed by atoms with Crippen molar-refractivity contribution in [3.8, 4) is 0 Å². The Morgan fingerprint density at radius 2 is 1.68 bits per heavy atom. The molecule has 34 heavy (non-hydrogen) atoms. The topological polar surface area (TPSA) is 39.7 Å². The Balaban J connectivity index is 1.42. The second-order valence-electron chi connectivity index (χ2n) is 8.11. The summed E-state index contributed by atoms with van der Waals surface area (Å²) in [6.07, 6.45) is 5.83. The van der Waals surface area contributed by atoms with Gasteiger partial charge in [-0.2, -0.15) is 0 Å². The van der Waals surface area contributed by atoms with Gasteiger partial charge in [0.2, 0.25) is 0 Å². The molecule has 0 atom stereocenters. The number of hydrogen-bond donors (Lipinski definition) is 0. The fourth-order valence-electron chi connectivity index (χ4n) is 3.96. The van der Waals surface area contributed by atoms with Gasteiger partial charge in [0, 0.05) is 61.6 Å². The van der Waals surface area contributed by atoms with Gasteiger partial charge in [0.05, 0.1) is 11.4 Å². The van der Waals surface area contributed by atoms with Crippen LogP contribution in [0.25, 0.3) is 6.08 Å². The average Bonchev–Trinajstić information content (AvgIpc) is 2.85. The lowest BCUT2D eigenvalue weighted by Gasteiger charge is -2.37. The number of carbonyl (C=O) groups is 1. The van der Waals surface area contributed by atoms with Gasteiger partial charge in [-0.3, -0.25) is 9.69 Å². The summed E-state index contributed by atoms with van der Waals surface area (Å²) < 4.78 is 0. The lowest BCUT2D eigenvalue weighted by molar-refractivity contribution is 0.0993. The van der Waals surface area contributed by atoms with Gasteiger partial charge in [0.1, 0.15) is 5.15 Å². The fourth-order valence-corrected chi connectivity index (χ4v) is 4.42. The second-order valence-corrected chi connectivity index (χ2v) is 9.37. The number of anilines is 2. The third-order valence-corrected chi connectivity index (χ3v) is 6.53. The monoisotopic (exact) mass is 514 g/mol. The summed E-state index contributed by atoms with van der Waals surface area (Å²) in [5.74, 6) is -0.154. The zero-order chi connectivity index (χ0) is 24.1. The number of rotatable bonds is 6. The molecule has 0 bridgehead atoms. The normalized spacial score (nSPS) is 14.5. The SMILES string of the molecule is CN(C(=O)c1ccnc(Cl)c1)c1ccc(Cl)cc1N1CCN(CC=Cc2ccc(Cl)cc2)CC1. The highest BCUT2D eigenvalue weighted by molar-refractivity contribution is 6.31. The molecule has 176 valence electrons. The third kappa shape index (κ3) is 6.10. The summed E-state index contributed by atoms with van der Waals surface area (Å²) in [6.45, 7) is 4.37. The molecule has 0 aliphatic carbocycles. The number of hydrogen-bond acceptors (Lipinski definition) is 4. The van der Waals surface area contributed by atoms with Crippen molar-refractivity contribution in [3.05, 3.63) is 93.2 Å². The average molecular weight is 516 g/mol. The maximum atomic E-state index is 13.1. The van der Waals surface area contributed by atoms with Gasteiger partial charge in [0.25, 0.3) is 5.91 Å². The molecule has 0 radical (unpaired) electrons. The number of amides is 1. The Labute approximate surface area is 215 Å². The highest BCUT2D eigenvalue weighted by atomic mass is 35.5. The van der Waals surface area contributed by atoms with Crippen molar-refractivity contribution in [1.82, 2.24) is 9.88 Å². The number of benzene rings is 2. The van der Waals surface area contributed by atoms with Crippen LogP contribution < -0.4 is 9.80 Å². The molecule has 0 N–H and O–H groups in total. The van der Waals surface area contributed by atoms with Crippen LogP contribution in [-0.4, -0.2) is 55.6 Å². The molecule has 1 aliphatic rings. The molecule has 0 spiro atoms. The number of pyridine rings is 1. The fraction of sp³-hybridized carbons (Fsp3) is 0.231. The molecule has 1 aliphatic heterocycles. The molecule has 5 nitrogen and oxygen atoms in total. The van der Waals surface area contributed by atoms with E-state index in [4.69, 9.17) is 34.8 Å². The number of carbonyl (C=O) groups excluding carboxylic acids is 1. The van der Waals surface area contributed by atoms with Crippen molar-refractivity contribution in [3.63, 3.8) is 0 Å². The van der Waals surface area contributed by atoms with Crippen LogP contribution in [0.15, 0.2) is 66.9 Å². The minimum absolute atomic E-state index is 0.154. The van der Waals surface area contributed by atoms with Crippen molar-refractivity contribution >= 4 is 58.2 Å². The smallest absolute Gasteiger partial charge is 0.258 e. The Kier molecular flexibility index (Phi) is 8.11. The lowest BCUT2D eigenvalue weighted by Crippen LogP contribution is -2.46. The van der Waals surface area contributed by atoms with Crippen LogP contribution in [0.2, 0.25) is 15.2 Å². The summed E-state index contributed by atoms with van der Waals surface area (Å²) in [5, 5.41) is 1.67. The molecule has 0 unspecified atom stereocenters. The summed E-state index contributed by atoms with van der Waals surface area (Å²) >= 11 is 18.3. The zero-order valence-corrected chi connectivity index (χ0v) is 21.1. The highest BCUT2D eigenvalue weighted by Crippen LogP contribution is 2.33. The zero-order valence-electron chi connectivity index (χ0n) is 18.8. The van der Waals surface area contributed by atoms with Gasteiger partial charge in [-0.05, 0) is 48.0 Å². The van der Waals surface area contributed by atoms with E-state index in [1.807, 2.05) is 42.5 Å². The Morgan fingerprint density at radius 1 is 0.971 bits per heavy atom. The summed E-state index contributed by atoms with van der Waals surface area (Å²) in [7, 11) is 1.77. The van der Waals surface area contributed by atoms with E-state index in [9.17, 15) is 4.79 Å². The highest BCUT2D eigenvalue weighted by Gasteiger charge is 2.23. The predicted octanol–water partition coefficient (Wildman–Crippen LogP) is 6.15. The van der Waals surface area contributed by atoms with Crippen molar-refractivity contribution in [1.29, 1.82) is 0 Å². The molecular weight excluding hydrogens is 491 g/mol. The molecule has 1 saturated heterocycles. The van der Waals surface area contributed by atoms with Gasteiger partial charge in [-0.25, -0.2) is 4.98 Å². The van der Waals surface area contributed by atoms with E-state index < -0.39 is 0 Å². The minimum Gasteiger partial charge on any atom is -0.367 e. The molecule has 8 heteroatoms. The van der Waals surface area contributed by atoms with E-state index in [0.717, 1.165) is 54.7 Å². The molecule has 4 rings (SSSR count). The standard InChI is InChI=1S/C26H25Cl3N4O/c1-31(26(34)20-10-11-30-25(29)17-20)23-9-8-22(28)18-24(23)33-15-13-32(14-16-33)12-2-3-19-4-6-21(27)7-5-19/h2-11,17-18H,12-16H2,1H3. The van der Waals surface area contributed by atoms with Gasteiger partial charge < -0.3 is 9.80 Å². The van der Waals surface area contributed by atoms with Crippen LogP contribution in [0, 0.1) is 0 Å². The summed E-state index contributed by atoms with van der Waals surface area (Å²) in [6, 6.07) is 16.7. The summed E-state index contributed by atoms with van der Waals surface area (Å²) in [4.78, 5) is 23.4. The molecule has 2 heterocycles. The van der Waals surface area contributed by atoms with Crippen LogP contribution in [0.4, 0.5) is 11.4 Å². The van der Waals surface area contributed by atoms with Crippen molar-refractivity contribution in [2.45, 2.75) is 0 Å². The van der Waals surface area contributed by atoms with Crippen LogP contribution in [0.3, 0.4) is 0 Å². The van der Waals surface area contributed by atoms with Crippen LogP contribution in [-0.2, 0) is 0 Å². The van der Waals surface area contributed by atoms with E-state index in [1.165, 1.54) is 6.20 Å². The van der Waals surface area contributed by atoms with E-state index >= 15 is 0 Å². The molecule has 1 fully saturated rings. The van der Waals surface area contributed by atoms with Crippen molar-refractivity contribution < 1.29 is 4.79 Å². The molecule has 1 aromatic heterocycles. The first-order valence-electron chi connectivity index (χ1n) is 11.0. The number of aromatic nitrogens is 1. The molecule has 3 aromatic rings. The van der Waals surface area contributed by atoms with Crippen LogP contribution in [0.5, 0.6) is 0 Å². The quantitative estimate of drug-likeness (QED) is 0.369. The second kappa shape index (κ2) is 11.2. The molecule has 2 aromatic carbocycles.